The third-order valence-electron chi connectivity index (χ3n) is 2.50. The smallest absolute Gasteiger partial charge is 0.267 e. The third-order valence-corrected chi connectivity index (χ3v) is 5.50. The molecule has 104 valence electrons. The molecule has 0 saturated heterocycles. The normalized spacial score (nSPS) is 12.1. The van der Waals surface area contributed by atoms with E-state index in [1.807, 2.05) is 36.4 Å². The van der Waals surface area contributed by atoms with E-state index in [-0.39, 0.29) is 10.9 Å². The second kappa shape index (κ2) is 5.12. The van der Waals surface area contributed by atoms with Crippen LogP contribution in [0.3, 0.4) is 0 Å². The Bertz CT molecular complexity index is 689. The zero-order valence-corrected chi connectivity index (χ0v) is 13.7. The van der Waals surface area contributed by atoms with Crippen molar-refractivity contribution in [3.63, 3.8) is 0 Å². The summed E-state index contributed by atoms with van der Waals surface area (Å²) in [4.78, 5) is 0.148. The molecule has 2 aromatic heterocycles. The summed E-state index contributed by atoms with van der Waals surface area (Å²) < 4.78 is 30.6. The van der Waals surface area contributed by atoms with Gasteiger partial charge in [0, 0.05) is 25.4 Å². The van der Waals surface area contributed by atoms with Gasteiger partial charge < -0.3 is 0 Å². The Labute approximate surface area is 125 Å². The van der Waals surface area contributed by atoms with Crippen molar-refractivity contribution in [3.05, 3.63) is 22.2 Å². The van der Waals surface area contributed by atoms with Gasteiger partial charge in [0.2, 0.25) is 0 Å². The summed E-state index contributed by atoms with van der Waals surface area (Å²) in [6, 6.07) is 1.80. The van der Waals surface area contributed by atoms with Gasteiger partial charge in [-0.15, -0.1) is 0 Å². The Kier molecular flexibility index (Phi) is 3.85. The molecule has 1 N–H and O–H groups in total. The number of nitrogens with zero attached hydrogens (tertiary/aromatic N) is 4. The number of rotatable bonds is 4. The molecule has 9 heteroatoms. The van der Waals surface area contributed by atoms with Crippen LogP contribution >= 0.6 is 22.6 Å². The van der Waals surface area contributed by atoms with Gasteiger partial charge in [-0.25, -0.2) is 8.42 Å². The highest BCUT2D eigenvalue weighted by molar-refractivity contribution is 14.1. The van der Waals surface area contributed by atoms with Gasteiger partial charge in [0.05, 0.1) is 6.20 Å². The Morgan fingerprint density at radius 1 is 1.42 bits per heavy atom. The summed E-state index contributed by atoms with van der Waals surface area (Å²) in [5, 5.41) is 8.08. The SMILES string of the molecule is CC(C)n1ccc(NS(=O)(=O)c2cnn(C)c2I)n1. The number of sulfonamides is 1. The maximum absolute atomic E-state index is 12.2. The minimum Gasteiger partial charge on any atom is -0.268 e. The molecule has 2 aromatic rings. The topological polar surface area (TPSA) is 81.8 Å². The van der Waals surface area contributed by atoms with Crippen molar-refractivity contribution < 1.29 is 8.42 Å². The van der Waals surface area contributed by atoms with E-state index in [1.165, 1.54) is 10.9 Å². The lowest BCUT2D eigenvalue weighted by atomic mass is 10.4. The van der Waals surface area contributed by atoms with Gasteiger partial charge in [-0.3, -0.25) is 14.1 Å². The predicted molar refractivity (Wildman–Crippen MR) is 79.3 cm³/mol. The largest absolute Gasteiger partial charge is 0.268 e. The predicted octanol–water partition coefficient (Wildman–Crippen LogP) is 1.60. The van der Waals surface area contributed by atoms with Crippen molar-refractivity contribution in [1.29, 1.82) is 0 Å². The van der Waals surface area contributed by atoms with E-state index in [0.29, 0.717) is 9.52 Å². The van der Waals surface area contributed by atoms with Crippen LogP contribution in [0.15, 0.2) is 23.4 Å². The standard InChI is InChI=1S/C10H14IN5O2S/c1-7(2)16-5-4-9(13-16)14-19(17,18)8-6-12-15(3)10(8)11/h4-7H,1-3H3,(H,13,14). The van der Waals surface area contributed by atoms with E-state index in [9.17, 15) is 8.42 Å². The number of aryl methyl sites for hydroxylation is 1. The van der Waals surface area contributed by atoms with Crippen LogP contribution in [0, 0.1) is 3.70 Å². The monoisotopic (exact) mass is 395 g/mol. The molecule has 0 spiro atoms. The Hall–Kier alpha value is -1.10. The Balaban J connectivity index is 2.28. The Morgan fingerprint density at radius 2 is 2.11 bits per heavy atom. The Morgan fingerprint density at radius 3 is 2.58 bits per heavy atom. The van der Waals surface area contributed by atoms with E-state index in [2.05, 4.69) is 14.9 Å². The number of halogens is 1. The van der Waals surface area contributed by atoms with Crippen molar-refractivity contribution in [2.45, 2.75) is 24.8 Å². The highest BCUT2D eigenvalue weighted by atomic mass is 127. The molecular formula is C10H14IN5O2S. The number of hydrogen-bond donors (Lipinski definition) is 1. The quantitative estimate of drug-likeness (QED) is 0.798. The van der Waals surface area contributed by atoms with Gasteiger partial charge >= 0.3 is 0 Å². The van der Waals surface area contributed by atoms with Crippen molar-refractivity contribution in [1.82, 2.24) is 19.6 Å². The summed E-state index contributed by atoms with van der Waals surface area (Å²) in [6.07, 6.45) is 3.06. The van der Waals surface area contributed by atoms with Gasteiger partial charge in [0.15, 0.2) is 5.82 Å². The number of nitrogens with one attached hydrogen (secondary N) is 1. The molecule has 0 bridgehead atoms. The highest BCUT2D eigenvalue weighted by Gasteiger charge is 2.22. The van der Waals surface area contributed by atoms with Crippen molar-refractivity contribution in [2.24, 2.45) is 7.05 Å². The molecule has 2 rings (SSSR count). The molecular weight excluding hydrogens is 381 g/mol. The van der Waals surface area contributed by atoms with Gasteiger partial charge in [-0.2, -0.15) is 10.2 Å². The van der Waals surface area contributed by atoms with Crippen LogP contribution in [0.1, 0.15) is 19.9 Å². The van der Waals surface area contributed by atoms with Crippen LogP contribution in [-0.2, 0) is 17.1 Å². The second-order valence-corrected chi connectivity index (χ2v) is 6.98. The van der Waals surface area contributed by atoms with Crippen LogP contribution in [0.25, 0.3) is 0 Å². The number of aromatic nitrogens is 4. The zero-order chi connectivity index (χ0) is 14.2. The minimum atomic E-state index is -3.65. The molecule has 0 unspecified atom stereocenters. The van der Waals surface area contributed by atoms with E-state index in [0.717, 1.165) is 0 Å². The molecule has 0 radical (unpaired) electrons. The van der Waals surface area contributed by atoms with Gasteiger partial charge in [-0.1, -0.05) is 0 Å². The third kappa shape index (κ3) is 2.91. The summed E-state index contributed by atoms with van der Waals surface area (Å²) in [7, 11) is -1.96. The first kappa shape index (κ1) is 14.3. The van der Waals surface area contributed by atoms with Crippen molar-refractivity contribution in [3.8, 4) is 0 Å². The van der Waals surface area contributed by atoms with Gasteiger partial charge in [0.25, 0.3) is 10.0 Å². The van der Waals surface area contributed by atoms with Gasteiger partial charge in [-0.05, 0) is 36.4 Å². The molecule has 0 fully saturated rings. The summed E-state index contributed by atoms with van der Waals surface area (Å²) in [5.41, 5.74) is 0. The zero-order valence-electron chi connectivity index (χ0n) is 10.7. The van der Waals surface area contributed by atoms with E-state index in [4.69, 9.17) is 0 Å². The first-order valence-electron chi connectivity index (χ1n) is 5.56. The lowest BCUT2D eigenvalue weighted by Gasteiger charge is -2.05. The summed E-state index contributed by atoms with van der Waals surface area (Å²) in [5.74, 6) is 0.299. The first-order valence-corrected chi connectivity index (χ1v) is 8.13. The van der Waals surface area contributed by atoms with Crippen LogP contribution in [0.2, 0.25) is 0 Å². The molecule has 0 aliphatic heterocycles. The molecule has 2 heterocycles. The van der Waals surface area contributed by atoms with E-state index < -0.39 is 10.0 Å². The maximum atomic E-state index is 12.2. The molecule has 0 aliphatic rings. The lowest BCUT2D eigenvalue weighted by molar-refractivity contribution is 0.534. The summed E-state index contributed by atoms with van der Waals surface area (Å²) >= 11 is 1.94. The lowest BCUT2D eigenvalue weighted by Crippen LogP contribution is -2.15. The van der Waals surface area contributed by atoms with Crippen molar-refractivity contribution >= 4 is 38.4 Å². The number of hydrogen-bond acceptors (Lipinski definition) is 4. The minimum absolute atomic E-state index is 0.148. The number of anilines is 1. The fourth-order valence-corrected chi connectivity index (χ4v) is 3.62. The summed E-state index contributed by atoms with van der Waals surface area (Å²) in [6.45, 7) is 3.94. The second-order valence-electron chi connectivity index (χ2n) is 4.30. The fourth-order valence-electron chi connectivity index (χ4n) is 1.46. The van der Waals surface area contributed by atoms with E-state index in [1.54, 1.807) is 24.0 Å². The van der Waals surface area contributed by atoms with Crippen LogP contribution in [0.5, 0.6) is 0 Å². The van der Waals surface area contributed by atoms with Crippen LogP contribution < -0.4 is 4.72 Å². The molecule has 0 amide bonds. The maximum Gasteiger partial charge on any atom is 0.267 e. The van der Waals surface area contributed by atoms with E-state index >= 15 is 0 Å². The molecule has 0 atom stereocenters. The van der Waals surface area contributed by atoms with Gasteiger partial charge in [0.1, 0.15) is 8.60 Å². The fraction of sp³-hybridized carbons (Fsp3) is 0.400. The highest BCUT2D eigenvalue weighted by Crippen LogP contribution is 2.20. The van der Waals surface area contributed by atoms with Crippen LogP contribution in [-0.4, -0.2) is 28.0 Å². The average Bonchev–Trinajstić information content (AvgIpc) is 2.87. The molecule has 0 saturated carbocycles. The first-order chi connectivity index (χ1) is 8.81. The molecule has 0 aliphatic carbocycles. The van der Waals surface area contributed by atoms with Crippen LogP contribution in [0.4, 0.5) is 5.82 Å². The average molecular weight is 395 g/mol. The molecule has 7 nitrogen and oxygen atoms in total. The van der Waals surface area contributed by atoms with Crippen molar-refractivity contribution in [2.75, 3.05) is 4.72 Å². The molecule has 19 heavy (non-hydrogen) atoms. The molecule has 0 aromatic carbocycles.